The number of carbonyl (C=O) groups excluding carboxylic acids is 1. The van der Waals surface area contributed by atoms with E-state index in [0.717, 1.165) is 12.8 Å². The zero-order chi connectivity index (χ0) is 9.40. The van der Waals surface area contributed by atoms with Gasteiger partial charge in [0, 0.05) is 0 Å². The van der Waals surface area contributed by atoms with Crippen LogP contribution >= 0.6 is 0 Å². The van der Waals surface area contributed by atoms with Crippen LogP contribution in [0.25, 0.3) is 0 Å². The zero-order valence-electron chi connectivity index (χ0n) is 8.17. The lowest BCUT2D eigenvalue weighted by molar-refractivity contribution is -0.141. The normalized spacial score (nSPS) is 13.2. The van der Waals surface area contributed by atoms with Crippen LogP contribution in [0.1, 0.15) is 33.1 Å². The minimum Gasteiger partial charge on any atom is -0.469 e. The summed E-state index contributed by atoms with van der Waals surface area (Å²) in [7, 11) is 1.42. The zero-order valence-corrected chi connectivity index (χ0v) is 8.17. The molecule has 0 rings (SSSR count). The molecule has 0 N–H and O–H groups in total. The molecule has 0 aromatic carbocycles. The van der Waals surface area contributed by atoms with Crippen LogP contribution in [0.5, 0.6) is 0 Å². The Kier molecular flexibility index (Phi) is 6.44. The van der Waals surface area contributed by atoms with Crippen molar-refractivity contribution in [1.29, 1.82) is 0 Å². The van der Waals surface area contributed by atoms with Crippen LogP contribution in [0.4, 0.5) is 0 Å². The van der Waals surface area contributed by atoms with Gasteiger partial charge in [0.1, 0.15) is 0 Å². The summed E-state index contributed by atoms with van der Waals surface area (Å²) in [4.78, 5) is 10.8. The fourth-order valence-corrected chi connectivity index (χ4v) is 0.909. The van der Waals surface area contributed by atoms with Crippen molar-refractivity contribution in [3.05, 3.63) is 12.2 Å². The summed E-state index contributed by atoms with van der Waals surface area (Å²) in [6.45, 7) is 4.15. The van der Waals surface area contributed by atoms with Crippen LogP contribution in [0.15, 0.2) is 12.2 Å². The van der Waals surface area contributed by atoms with Gasteiger partial charge in [-0.3, -0.25) is 4.79 Å². The second kappa shape index (κ2) is 6.89. The molecule has 0 saturated carbocycles. The molecule has 0 aromatic rings. The van der Waals surface area contributed by atoms with Crippen molar-refractivity contribution in [1.82, 2.24) is 0 Å². The monoisotopic (exact) mass is 170 g/mol. The maximum Gasteiger partial charge on any atom is 0.306 e. The van der Waals surface area contributed by atoms with Crippen molar-refractivity contribution >= 4 is 5.97 Å². The number of rotatable bonds is 5. The Labute approximate surface area is 74.6 Å². The Morgan fingerprint density at radius 3 is 2.75 bits per heavy atom. The summed E-state index contributed by atoms with van der Waals surface area (Å²) in [5, 5.41) is 0. The second-order valence-electron chi connectivity index (χ2n) is 2.97. The van der Waals surface area contributed by atoms with Crippen LogP contribution in [-0.2, 0) is 9.53 Å². The first-order chi connectivity index (χ1) is 5.70. The van der Waals surface area contributed by atoms with Gasteiger partial charge in [-0.25, -0.2) is 0 Å². The largest absolute Gasteiger partial charge is 0.469 e. The number of carbonyl (C=O) groups is 1. The molecule has 0 aliphatic carbocycles. The molecule has 0 heterocycles. The third kappa shape index (κ3) is 5.96. The van der Waals surface area contributed by atoms with Crippen LogP contribution in [0.3, 0.4) is 0 Å². The average molecular weight is 170 g/mol. The van der Waals surface area contributed by atoms with Gasteiger partial charge in [0.25, 0.3) is 0 Å². The van der Waals surface area contributed by atoms with Gasteiger partial charge in [-0.1, -0.05) is 32.4 Å². The standard InChI is InChI=1S/C10H18O2/c1-4-5-6-7-9(2)8-10(11)12-3/h6-7,9H,4-5,8H2,1-3H3/b7-6-. The summed E-state index contributed by atoms with van der Waals surface area (Å²) in [6.07, 6.45) is 6.91. The summed E-state index contributed by atoms with van der Waals surface area (Å²) in [5.41, 5.74) is 0. The molecule has 2 heteroatoms. The van der Waals surface area contributed by atoms with Gasteiger partial charge in [-0.15, -0.1) is 0 Å². The Morgan fingerprint density at radius 2 is 2.25 bits per heavy atom. The maximum atomic E-state index is 10.8. The van der Waals surface area contributed by atoms with Crippen LogP contribution in [0.2, 0.25) is 0 Å². The highest BCUT2D eigenvalue weighted by Gasteiger charge is 2.04. The molecule has 0 aromatic heterocycles. The number of allylic oxidation sites excluding steroid dienone is 2. The first-order valence-corrected chi connectivity index (χ1v) is 4.44. The molecule has 70 valence electrons. The molecule has 0 spiro atoms. The van der Waals surface area contributed by atoms with E-state index in [9.17, 15) is 4.79 Å². The molecule has 0 saturated heterocycles. The van der Waals surface area contributed by atoms with Gasteiger partial charge in [-0.2, -0.15) is 0 Å². The van der Waals surface area contributed by atoms with Crippen LogP contribution < -0.4 is 0 Å². The van der Waals surface area contributed by atoms with E-state index in [1.807, 2.05) is 6.92 Å². The number of unbranched alkanes of at least 4 members (excludes halogenated alkanes) is 1. The van der Waals surface area contributed by atoms with Crippen molar-refractivity contribution in [3.8, 4) is 0 Å². The Bertz CT molecular complexity index is 150. The topological polar surface area (TPSA) is 26.3 Å². The van der Waals surface area contributed by atoms with Gasteiger partial charge < -0.3 is 4.74 Å². The van der Waals surface area contributed by atoms with E-state index in [2.05, 4.69) is 23.8 Å². The average Bonchev–Trinajstić information content (AvgIpc) is 2.05. The summed E-state index contributed by atoms with van der Waals surface area (Å²) in [6, 6.07) is 0. The van der Waals surface area contributed by atoms with Crippen LogP contribution in [0, 0.1) is 5.92 Å². The van der Waals surface area contributed by atoms with E-state index in [-0.39, 0.29) is 5.97 Å². The SMILES string of the molecule is CCC/C=C\C(C)CC(=O)OC. The lowest BCUT2D eigenvalue weighted by Gasteiger charge is -2.02. The highest BCUT2D eigenvalue weighted by Crippen LogP contribution is 2.05. The minimum absolute atomic E-state index is 0.136. The highest BCUT2D eigenvalue weighted by molar-refractivity contribution is 5.69. The number of methoxy groups -OCH3 is 1. The lowest BCUT2D eigenvalue weighted by Crippen LogP contribution is -2.04. The number of ether oxygens (including phenoxy) is 1. The minimum atomic E-state index is -0.136. The first kappa shape index (κ1) is 11.2. The molecule has 0 bridgehead atoms. The molecule has 2 nitrogen and oxygen atoms in total. The van der Waals surface area contributed by atoms with Crippen molar-refractivity contribution < 1.29 is 9.53 Å². The predicted octanol–water partition coefficient (Wildman–Crippen LogP) is 2.54. The predicted molar refractivity (Wildman–Crippen MR) is 49.8 cm³/mol. The van der Waals surface area contributed by atoms with E-state index in [1.165, 1.54) is 7.11 Å². The first-order valence-electron chi connectivity index (χ1n) is 4.44. The van der Waals surface area contributed by atoms with Crippen molar-refractivity contribution in [2.45, 2.75) is 33.1 Å². The molecule has 1 unspecified atom stereocenters. The molecular formula is C10H18O2. The summed E-state index contributed by atoms with van der Waals surface area (Å²) >= 11 is 0. The molecule has 0 aliphatic rings. The van der Waals surface area contributed by atoms with Gasteiger partial charge in [0.2, 0.25) is 0 Å². The third-order valence-electron chi connectivity index (χ3n) is 1.64. The van der Waals surface area contributed by atoms with Crippen LogP contribution in [-0.4, -0.2) is 13.1 Å². The van der Waals surface area contributed by atoms with Gasteiger partial charge >= 0.3 is 5.97 Å². The van der Waals surface area contributed by atoms with Crippen molar-refractivity contribution in [2.24, 2.45) is 5.92 Å². The van der Waals surface area contributed by atoms with E-state index < -0.39 is 0 Å². The Morgan fingerprint density at radius 1 is 1.58 bits per heavy atom. The molecular weight excluding hydrogens is 152 g/mol. The van der Waals surface area contributed by atoms with Gasteiger partial charge in [0.15, 0.2) is 0 Å². The van der Waals surface area contributed by atoms with Crippen molar-refractivity contribution in [3.63, 3.8) is 0 Å². The molecule has 0 fully saturated rings. The lowest BCUT2D eigenvalue weighted by atomic mass is 10.1. The van der Waals surface area contributed by atoms with E-state index in [0.29, 0.717) is 12.3 Å². The summed E-state index contributed by atoms with van der Waals surface area (Å²) in [5.74, 6) is 0.160. The second-order valence-corrected chi connectivity index (χ2v) is 2.97. The van der Waals surface area contributed by atoms with E-state index >= 15 is 0 Å². The van der Waals surface area contributed by atoms with E-state index in [1.54, 1.807) is 0 Å². The highest BCUT2D eigenvalue weighted by atomic mass is 16.5. The van der Waals surface area contributed by atoms with Gasteiger partial charge in [-0.05, 0) is 12.3 Å². The molecule has 0 radical (unpaired) electrons. The van der Waals surface area contributed by atoms with Gasteiger partial charge in [0.05, 0.1) is 13.5 Å². The molecule has 12 heavy (non-hydrogen) atoms. The fraction of sp³-hybridized carbons (Fsp3) is 0.700. The Balaban J connectivity index is 3.58. The number of hydrogen-bond acceptors (Lipinski definition) is 2. The molecule has 0 amide bonds. The quantitative estimate of drug-likeness (QED) is 0.468. The van der Waals surface area contributed by atoms with Crippen molar-refractivity contribution in [2.75, 3.05) is 7.11 Å². The Hall–Kier alpha value is -0.790. The third-order valence-corrected chi connectivity index (χ3v) is 1.64. The summed E-state index contributed by atoms with van der Waals surface area (Å²) < 4.78 is 4.55. The smallest absolute Gasteiger partial charge is 0.306 e. The molecule has 0 aliphatic heterocycles. The number of esters is 1. The maximum absolute atomic E-state index is 10.8. The van der Waals surface area contributed by atoms with E-state index in [4.69, 9.17) is 0 Å². The number of hydrogen-bond donors (Lipinski definition) is 0. The molecule has 1 atom stereocenters. The fourth-order valence-electron chi connectivity index (χ4n) is 0.909.